The van der Waals surface area contributed by atoms with Crippen molar-refractivity contribution in [3.8, 4) is 23.0 Å². The first-order valence-electron chi connectivity index (χ1n) is 10.4. The summed E-state index contributed by atoms with van der Waals surface area (Å²) in [5.41, 5.74) is 1.62. The highest BCUT2D eigenvalue weighted by atomic mass is 16.5. The lowest BCUT2D eigenvalue weighted by molar-refractivity contribution is -0.121. The Hall–Kier alpha value is -4.20. The summed E-state index contributed by atoms with van der Waals surface area (Å²) in [5.74, 6) is 2.21. The van der Waals surface area contributed by atoms with Crippen LogP contribution in [0.5, 0.6) is 23.0 Å². The smallest absolute Gasteiger partial charge is 0.265 e. The first kappa shape index (κ1) is 22.0. The summed E-state index contributed by atoms with van der Waals surface area (Å²) >= 11 is 0. The van der Waals surface area contributed by atoms with Crippen LogP contribution in [0.15, 0.2) is 66.7 Å². The first-order valence-corrected chi connectivity index (χ1v) is 10.4. The molecule has 0 radical (unpaired) electrons. The average Bonchev–Trinajstić information content (AvgIpc) is 2.86. The standard InChI is InChI=1S/C25H24N2O6/c1-30-19-6-3-17(4-7-19)25(29)26-18-5-12-23-22(15-18)27(24(28)16-33-23)13-14-32-21-10-8-20(31-2)9-11-21/h3-12,15H,13-14,16H2,1-2H3,(H,26,29). The lowest BCUT2D eigenvalue weighted by Gasteiger charge is -2.29. The monoisotopic (exact) mass is 448 g/mol. The highest BCUT2D eigenvalue weighted by Crippen LogP contribution is 2.34. The maximum absolute atomic E-state index is 12.6. The Balaban J connectivity index is 1.44. The number of hydrogen-bond acceptors (Lipinski definition) is 6. The molecule has 8 heteroatoms. The van der Waals surface area contributed by atoms with E-state index in [1.165, 1.54) is 0 Å². The number of nitrogens with one attached hydrogen (secondary N) is 1. The fourth-order valence-electron chi connectivity index (χ4n) is 3.40. The van der Waals surface area contributed by atoms with Crippen molar-refractivity contribution in [2.24, 2.45) is 0 Å². The maximum atomic E-state index is 12.6. The summed E-state index contributed by atoms with van der Waals surface area (Å²) < 4.78 is 21.6. The predicted molar refractivity (Wildman–Crippen MR) is 124 cm³/mol. The largest absolute Gasteiger partial charge is 0.497 e. The van der Waals surface area contributed by atoms with Crippen molar-refractivity contribution < 1.29 is 28.5 Å². The van der Waals surface area contributed by atoms with Gasteiger partial charge in [-0.25, -0.2) is 0 Å². The number of amides is 2. The zero-order valence-electron chi connectivity index (χ0n) is 18.4. The highest BCUT2D eigenvalue weighted by Gasteiger charge is 2.26. The third-order valence-electron chi connectivity index (χ3n) is 5.16. The van der Waals surface area contributed by atoms with Crippen molar-refractivity contribution in [1.29, 1.82) is 0 Å². The molecule has 0 unspecified atom stereocenters. The number of carbonyl (C=O) groups excluding carboxylic acids is 2. The van der Waals surface area contributed by atoms with Crippen LogP contribution >= 0.6 is 0 Å². The minimum absolute atomic E-state index is 0.0485. The van der Waals surface area contributed by atoms with Crippen LogP contribution in [0.1, 0.15) is 10.4 Å². The van der Waals surface area contributed by atoms with Gasteiger partial charge in [-0.15, -0.1) is 0 Å². The minimum Gasteiger partial charge on any atom is -0.497 e. The van der Waals surface area contributed by atoms with E-state index < -0.39 is 0 Å². The van der Waals surface area contributed by atoms with Crippen LogP contribution in [0, 0.1) is 0 Å². The SMILES string of the molecule is COc1ccc(OCCN2C(=O)COc3ccc(NC(=O)c4ccc(OC)cc4)cc32)cc1. The maximum Gasteiger partial charge on any atom is 0.265 e. The molecule has 0 atom stereocenters. The third kappa shape index (κ3) is 5.17. The molecule has 0 aromatic heterocycles. The Morgan fingerprint density at radius 1 is 0.939 bits per heavy atom. The molecule has 0 saturated carbocycles. The van der Waals surface area contributed by atoms with Crippen molar-refractivity contribution in [2.75, 3.05) is 44.2 Å². The van der Waals surface area contributed by atoms with E-state index >= 15 is 0 Å². The number of anilines is 2. The van der Waals surface area contributed by atoms with E-state index in [1.807, 2.05) is 12.1 Å². The second kappa shape index (κ2) is 9.95. The Kier molecular flexibility index (Phi) is 6.64. The Morgan fingerprint density at radius 2 is 1.58 bits per heavy atom. The van der Waals surface area contributed by atoms with Gasteiger partial charge in [0.2, 0.25) is 0 Å². The number of ether oxygens (including phenoxy) is 4. The van der Waals surface area contributed by atoms with Crippen molar-refractivity contribution in [1.82, 2.24) is 0 Å². The molecule has 1 aliphatic heterocycles. The number of nitrogens with zero attached hydrogens (tertiary/aromatic N) is 1. The van der Waals surface area contributed by atoms with Crippen LogP contribution in [0.4, 0.5) is 11.4 Å². The molecule has 1 aliphatic rings. The fourth-order valence-corrected chi connectivity index (χ4v) is 3.40. The molecular formula is C25H24N2O6. The lowest BCUT2D eigenvalue weighted by atomic mass is 10.1. The summed E-state index contributed by atoms with van der Waals surface area (Å²) in [6.45, 7) is 0.574. The van der Waals surface area contributed by atoms with Crippen molar-refractivity contribution in [3.05, 3.63) is 72.3 Å². The van der Waals surface area contributed by atoms with Gasteiger partial charge < -0.3 is 29.2 Å². The molecule has 1 N–H and O–H groups in total. The van der Waals surface area contributed by atoms with Crippen LogP contribution < -0.4 is 29.2 Å². The molecule has 2 amide bonds. The van der Waals surface area contributed by atoms with Gasteiger partial charge in [0, 0.05) is 11.3 Å². The van der Waals surface area contributed by atoms with Crippen molar-refractivity contribution in [2.45, 2.75) is 0 Å². The van der Waals surface area contributed by atoms with Crippen LogP contribution in [0.2, 0.25) is 0 Å². The number of fused-ring (bicyclic) bond motifs is 1. The molecule has 4 rings (SSSR count). The van der Waals surface area contributed by atoms with E-state index in [4.69, 9.17) is 18.9 Å². The van der Waals surface area contributed by atoms with Gasteiger partial charge in [0.25, 0.3) is 11.8 Å². The molecule has 0 spiro atoms. The Labute approximate surface area is 191 Å². The van der Waals surface area contributed by atoms with Gasteiger partial charge in [-0.3, -0.25) is 9.59 Å². The molecule has 3 aromatic rings. The summed E-state index contributed by atoms with van der Waals surface area (Å²) in [6, 6.07) is 19.2. The fraction of sp³-hybridized carbons (Fsp3) is 0.200. The molecule has 1 heterocycles. The molecular weight excluding hydrogens is 424 g/mol. The van der Waals surface area contributed by atoms with Gasteiger partial charge >= 0.3 is 0 Å². The van der Waals surface area contributed by atoms with Crippen LogP contribution in [0.3, 0.4) is 0 Å². The Bertz CT molecular complexity index is 1130. The third-order valence-corrected chi connectivity index (χ3v) is 5.16. The van der Waals surface area contributed by atoms with Gasteiger partial charge in [-0.1, -0.05) is 0 Å². The molecule has 0 aliphatic carbocycles. The van der Waals surface area contributed by atoms with Crippen LogP contribution in [0.25, 0.3) is 0 Å². The van der Waals surface area contributed by atoms with Crippen LogP contribution in [-0.4, -0.2) is 45.8 Å². The number of methoxy groups -OCH3 is 2. The molecule has 170 valence electrons. The van der Waals surface area contributed by atoms with Crippen molar-refractivity contribution >= 4 is 23.2 Å². The molecule has 0 fully saturated rings. The van der Waals surface area contributed by atoms with E-state index in [1.54, 1.807) is 73.7 Å². The van der Waals surface area contributed by atoms with Crippen LogP contribution in [-0.2, 0) is 4.79 Å². The van der Waals surface area contributed by atoms with E-state index in [0.29, 0.717) is 47.3 Å². The average molecular weight is 448 g/mol. The van der Waals surface area contributed by atoms with Gasteiger partial charge in [-0.2, -0.15) is 0 Å². The Morgan fingerprint density at radius 3 is 2.24 bits per heavy atom. The number of rotatable bonds is 8. The molecule has 8 nitrogen and oxygen atoms in total. The second-order valence-electron chi connectivity index (χ2n) is 7.22. The van der Waals surface area contributed by atoms with Crippen molar-refractivity contribution in [3.63, 3.8) is 0 Å². The summed E-state index contributed by atoms with van der Waals surface area (Å²) in [6.07, 6.45) is 0. The second-order valence-corrected chi connectivity index (χ2v) is 7.22. The summed E-state index contributed by atoms with van der Waals surface area (Å²) in [5, 5.41) is 2.86. The minimum atomic E-state index is -0.268. The first-order chi connectivity index (χ1) is 16.1. The summed E-state index contributed by atoms with van der Waals surface area (Å²) in [4.78, 5) is 26.7. The predicted octanol–water partition coefficient (Wildman–Crippen LogP) is 3.76. The topological polar surface area (TPSA) is 86.3 Å². The normalized spacial score (nSPS) is 12.4. The van der Waals surface area contributed by atoms with E-state index in [2.05, 4.69) is 5.32 Å². The zero-order chi connectivity index (χ0) is 23.2. The van der Waals surface area contributed by atoms with Gasteiger partial charge in [0.05, 0.1) is 26.5 Å². The zero-order valence-corrected chi connectivity index (χ0v) is 18.4. The highest BCUT2D eigenvalue weighted by molar-refractivity contribution is 6.05. The molecule has 0 bridgehead atoms. The van der Waals surface area contributed by atoms with E-state index in [0.717, 1.165) is 5.75 Å². The molecule has 0 saturated heterocycles. The quantitative estimate of drug-likeness (QED) is 0.565. The molecule has 3 aromatic carbocycles. The van der Waals surface area contributed by atoms with Gasteiger partial charge in [0.1, 0.15) is 29.6 Å². The number of benzene rings is 3. The van der Waals surface area contributed by atoms with Gasteiger partial charge in [-0.05, 0) is 66.7 Å². The number of carbonyl (C=O) groups is 2. The van der Waals surface area contributed by atoms with E-state index in [-0.39, 0.29) is 18.4 Å². The molecule has 33 heavy (non-hydrogen) atoms. The summed E-state index contributed by atoms with van der Waals surface area (Å²) in [7, 11) is 3.17. The number of hydrogen-bond donors (Lipinski definition) is 1. The lowest BCUT2D eigenvalue weighted by Crippen LogP contribution is -2.41. The van der Waals surface area contributed by atoms with Gasteiger partial charge in [0.15, 0.2) is 6.61 Å². The van der Waals surface area contributed by atoms with E-state index in [9.17, 15) is 9.59 Å².